The van der Waals surface area contributed by atoms with Crippen LogP contribution in [0.15, 0.2) is 36.7 Å². The van der Waals surface area contributed by atoms with Gasteiger partial charge in [-0.05, 0) is 30.5 Å². The molecular formula is C15H18N4O2. The Hall–Kier alpha value is -2.21. The highest BCUT2D eigenvalue weighted by molar-refractivity contribution is 5.76. The summed E-state index contributed by atoms with van der Waals surface area (Å²) < 4.78 is 1.70. The fourth-order valence-corrected chi connectivity index (χ4v) is 2.63. The van der Waals surface area contributed by atoms with Gasteiger partial charge < -0.3 is 10.4 Å². The van der Waals surface area contributed by atoms with Gasteiger partial charge in [-0.15, -0.1) is 5.10 Å². The maximum atomic E-state index is 11.3. The van der Waals surface area contributed by atoms with Crippen LogP contribution >= 0.6 is 0 Å². The van der Waals surface area contributed by atoms with Crippen molar-refractivity contribution in [2.24, 2.45) is 5.41 Å². The number of hydrogen-bond donors (Lipinski definition) is 2. The number of carboxylic acid groups (broad SMARTS) is 1. The van der Waals surface area contributed by atoms with Crippen molar-refractivity contribution in [2.45, 2.75) is 25.8 Å². The number of hydrogen-bond acceptors (Lipinski definition) is 4. The topological polar surface area (TPSA) is 80.0 Å². The van der Waals surface area contributed by atoms with Crippen molar-refractivity contribution in [3.05, 3.63) is 42.2 Å². The Morgan fingerprint density at radius 1 is 1.33 bits per heavy atom. The third-order valence-corrected chi connectivity index (χ3v) is 4.18. The normalized spacial score (nSPS) is 16.4. The van der Waals surface area contributed by atoms with E-state index >= 15 is 0 Å². The van der Waals surface area contributed by atoms with E-state index in [1.165, 1.54) is 0 Å². The van der Waals surface area contributed by atoms with Crippen LogP contribution in [0.2, 0.25) is 0 Å². The van der Waals surface area contributed by atoms with Gasteiger partial charge in [-0.3, -0.25) is 4.79 Å². The Morgan fingerprint density at radius 3 is 2.62 bits per heavy atom. The van der Waals surface area contributed by atoms with Crippen molar-refractivity contribution in [1.29, 1.82) is 0 Å². The van der Waals surface area contributed by atoms with Crippen molar-refractivity contribution < 1.29 is 9.90 Å². The van der Waals surface area contributed by atoms with Crippen LogP contribution in [0.3, 0.4) is 0 Å². The van der Waals surface area contributed by atoms with Crippen LogP contribution in [0.4, 0.5) is 0 Å². The predicted molar refractivity (Wildman–Crippen MR) is 77.0 cm³/mol. The van der Waals surface area contributed by atoms with Crippen molar-refractivity contribution >= 4 is 5.97 Å². The maximum absolute atomic E-state index is 11.3. The first kappa shape index (κ1) is 13.8. The summed E-state index contributed by atoms with van der Waals surface area (Å²) in [6.45, 7) is 1.21. The lowest BCUT2D eigenvalue weighted by Gasteiger charge is -2.37. The van der Waals surface area contributed by atoms with E-state index in [1.54, 1.807) is 17.1 Å². The number of carboxylic acids is 1. The summed E-state index contributed by atoms with van der Waals surface area (Å²) in [6, 6.07) is 7.97. The molecule has 3 rings (SSSR count). The molecule has 0 bridgehead atoms. The van der Waals surface area contributed by atoms with Gasteiger partial charge in [0, 0.05) is 13.1 Å². The molecular weight excluding hydrogens is 268 g/mol. The number of nitrogens with zero attached hydrogens (tertiary/aromatic N) is 3. The van der Waals surface area contributed by atoms with Crippen molar-refractivity contribution in [1.82, 2.24) is 20.3 Å². The molecule has 1 aromatic heterocycles. The number of rotatable bonds is 6. The molecule has 1 aliphatic rings. The monoisotopic (exact) mass is 286 g/mol. The summed E-state index contributed by atoms with van der Waals surface area (Å²) >= 11 is 0. The molecule has 110 valence electrons. The minimum atomic E-state index is -0.678. The number of aromatic nitrogens is 3. The predicted octanol–water partition coefficient (Wildman–Crippen LogP) is 1.61. The molecule has 2 N–H and O–H groups in total. The summed E-state index contributed by atoms with van der Waals surface area (Å²) in [5.74, 6) is -0.678. The molecule has 0 saturated heterocycles. The molecule has 1 saturated carbocycles. The lowest BCUT2D eigenvalue weighted by atomic mass is 9.69. The van der Waals surface area contributed by atoms with Gasteiger partial charge in [-0.25, -0.2) is 4.68 Å². The first-order valence-electron chi connectivity index (χ1n) is 7.09. The molecule has 0 aliphatic heterocycles. The lowest BCUT2D eigenvalue weighted by molar-refractivity contribution is -0.154. The third-order valence-electron chi connectivity index (χ3n) is 4.18. The fourth-order valence-electron chi connectivity index (χ4n) is 2.63. The minimum Gasteiger partial charge on any atom is -0.481 e. The van der Waals surface area contributed by atoms with E-state index in [4.69, 9.17) is 0 Å². The van der Waals surface area contributed by atoms with Gasteiger partial charge in [-0.1, -0.05) is 23.8 Å². The molecule has 1 aliphatic carbocycles. The zero-order chi connectivity index (χ0) is 14.7. The molecule has 0 unspecified atom stereocenters. The van der Waals surface area contributed by atoms with Gasteiger partial charge in [0.25, 0.3) is 0 Å². The number of nitrogens with one attached hydrogen (secondary N) is 1. The number of benzene rings is 1. The van der Waals surface area contributed by atoms with Gasteiger partial charge in [0.2, 0.25) is 0 Å². The molecule has 1 fully saturated rings. The van der Waals surface area contributed by atoms with Crippen LogP contribution in [0.1, 0.15) is 24.8 Å². The molecule has 0 spiro atoms. The van der Waals surface area contributed by atoms with Crippen molar-refractivity contribution in [3.63, 3.8) is 0 Å². The molecule has 0 radical (unpaired) electrons. The molecule has 21 heavy (non-hydrogen) atoms. The van der Waals surface area contributed by atoms with Crippen LogP contribution in [0.25, 0.3) is 5.69 Å². The van der Waals surface area contributed by atoms with Gasteiger partial charge in [0.05, 0.1) is 23.5 Å². The highest BCUT2D eigenvalue weighted by Gasteiger charge is 2.43. The second kappa shape index (κ2) is 5.65. The van der Waals surface area contributed by atoms with Crippen LogP contribution in [-0.4, -0.2) is 32.6 Å². The molecule has 1 heterocycles. The molecule has 0 atom stereocenters. The first-order valence-corrected chi connectivity index (χ1v) is 7.09. The molecule has 6 nitrogen and oxygen atoms in total. The zero-order valence-corrected chi connectivity index (χ0v) is 11.7. The molecule has 0 amide bonds. The highest BCUT2D eigenvalue weighted by Crippen LogP contribution is 2.40. The van der Waals surface area contributed by atoms with Gasteiger partial charge in [0.1, 0.15) is 0 Å². The largest absolute Gasteiger partial charge is 0.481 e. The molecule has 2 aromatic rings. The zero-order valence-electron chi connectivity index (χ0n) is 11.7. The average Bonchev–Trinajstić information content (AvgIpc) is 2.96. The lowest BCUT2D eigenvalue weighted by Crippen LogP contribution is -2.45. The quantitative estimate of drug-likeness (QED) is 0.843. The molecule has 1 aromatic carbocycles. The highest BCUT2D eigenvalue weighted by atomic mass is 16.4. The van der Waals surface area contributed by atoms with E-state index in [9.17, 15) is 9.90 Å². The Balaban J connectivity index is 1.55. The van der Waals surface area contributed by atoms with E-state index in [2.05, 4.69) is 15.6 Å². The van der Waals surface area contributed by atoms with Crippen LogP contribution in [0.5, 0.6) is 0 Å². The Bertz CT molecular complexity index is 603. The summed E-state index contributed by atoms with van der Waals surface area (Å²) in [5, 5.41) is 20.2. The van der Waals surface area contributed by atoms with Crippen molar-refractivity contribution in [3.8, 4) is 5.69 Å². The van der Waals surface area contributed by atoms with Crippen LogP contribution in [-0.2, 0) is 11.3 Å². The fraction of sp³-hybridized carbons (Fsp3) is 0.400. The number of carbonyl (C=O) groups is 1. The van der Waals surface area contributed by atoms with E-state index in [-0.39, 0.29) is 0 Å². The van der Waals surface area contributed by atoms with Gasteiger partial charge in [-0.2, -0.15) is 0 Å². The van der Waals surface area contributed by atoms with E-state index in [0.29, 0.717) is 13.1 Å². The first-order chi connectivity index (χ1) is 10.2. The SMILES string of the molecule is O=C(O)C1(CNCc2ccc(-n3ccnn3)cc2)CCC1. The van der Waals surface area contributed by atoms with E-state index in [1.807, 2.05) is 24.3 Å². The van der Waals surface area contributed by atoms with Gasteiger partial charge in [0.15, 0.2) is 0 Å². The summed E-state index contributed by atoms with van der Waals surface area (Å²) in [5.41, 5.74) is 1.54. The Morgan fingerprint density at radius 2 is 2.10 bits per heavy atom. The second-order valence-corrected chi connectivity index (χ2v) is 5.56. The number of aliphatic carboxylic acids is 1. The maximum Gasteiger partial charge on any atom is 0.310 e. The summed E-state index contributed by atoms with van der Waals surface area (Å²) in [4.78, 5) is 11.3. The van der Waals surface area contributed by atoms with E-state index < -0.39 is 11.4 Å². The summed E-state index contributed by atoms with van der Waals surface area (Å²) in [6.07, 6.45) is 6.00. The third kappa shape index (κ3) is 2.80. The summed E-state index contributed by atoms with van der Waals surface area (Å²) in [7, 11) is 0. The Kier molecular flexibility index (Phi) is 3.70. The standard InChI is InChI=1S/C15H18N4O2/c20-14(21)15(6-1-7-15)11-16-10-12-2-4-13(5-3-12)19-9-8-17-18-19/h2-5,8-9,16H,1,6-7,10-11H2,(H,20,21). The average molecular weight is 286 g/mol. The van der Waals surface area contributed by atoms with Crippen LogP contribution < -0.4 is 5.32 Å². The molecule has 6 heteroatoms. The van der Waals surface area contributed by atoms with Crippen molar-refractivity contribution in [2.75, 3.05) is 6.54 Å². The second-order valence-electron chi connectivity index (χ2n) is 5.56. The van der Waals surface area contributed by atoms with Crippen LogP contribution in [0, 0.1) is 5.41 Å². The van der Waals surface area contributed by atoms with E-state index in [0.717, 1.165) is 30.5 Å². The van der Waals surface area contributed by atoms with Gasteiger partial charge >= 0.3 is 5.97 Å². The smallest absolute Gasteiger partial charge is 0.310 e. The Labute approximate surface area is 122 Å². The minimum absolute atomic E-state index is 0.535.